The van der Waals surface area contributed by atoms with Gasteiger partial charge in [0.25, 0.3) is 11.6 Å². The second-order valence-electron chi connectivity index (χ2n) is 6.66. The second-order valence-corrected chi connectivity index (χ2v) is 6.66. The van der Waals surface area contributed by atoms with Crippen molar-refractivity contribution in [2.45, 2.75) is 32.1 Å². The van der Waals surface area contributed by atoms with Crippen molar-refractivity contribution in [3.63, 3.8) is 0 Å². The van der Waals surface area contributed by atoms with E-state index in [-0.39, 0.29) is 24.2 Å². The highest BCUT2D eigenvalue weighted by Crippen LogP contribution is 2.31. The summed E-state index contributed by atoms with van der Waals surface area (Å²) in [5, 5.41) is 20.1. The summed E-state index contributed by atoms with van der Waals surface area (Å²) in [6, 6.07) is 6.18. The summed E-state index contributed by atoms with van der Waals surface area (Å²) < 4.78 is 4.98. The van der Waals surface area contributed by atoms with Crippen molar-refractivity contribution >= 4 is 23.3 Å². The molecule has 1 aromatic rings. The summed E-state index contributed by atoms with van der Waals surface area (Å²) in [4.78, 5) is 38.4. The first kappa shape index (κ1) is 21.2. The normalized spacial score (nSPS) is 13.9. The van der Waals surface area contributed by atoms with Gasteiger partial charge in [-0.25, -0.2) is 4.79 Å². The fraction of sp³-hybridized carbons (Fsp3) is 0.526. The monoisotopic (exact) mass is 388 g/mol. The van der Waals surface area contributed by atoms with E-state index >= 15 is 0 Å². The zero-order valence-corrected chi connectivity index (χ0v) is 15.9. The number of hydrogen-bond donors (Lipinski definition) is 0. The van der Waals surface area contributed by atoms with Crippen LogP contribution in [0.5, 0.6) is 0 Å². The summed E-state index contributed by atoms with van der Waals surface area (Å²) in [6.45, 7) is 1.24. The fourth-order valence-corrected chi connectivity index (χ4v) is 3.04. The molecule has 1 saturated heterocycles. The van der Waals surface area contributed by atoms with Crippen LogP contribution in [0.4, 0.5) is 11.4 Å². The van der Waals surface area contributed by atoms with Gasteiger partial charge in [0.15, 0.2) is 6.61 Å². The fourth-order valence-electron chi connectivity index (χ4n) is 3.04. The summed E-state index contributed by atoms with van der Waals surface area (Å²) in [7, 11) is 1.51. The minimum atomic E-state index is -0.799. The predicted molar refractivity (Wildman–Crippen MR) is 102 cm³/mol. The first-order chi connectivity index (χ1) is 13.4. The Kier molecular flexibility index (Phi) is 7.75. The summed E-state index contributed by atoms with van der Waals surface area (Å²) in [5.41, 5.74) is 0.377. The Hall–Kier alpha value is -3.15. The van der Waals surface area contributed by atoms with Crippen LogP contribution in [0.15, 0.2) is 18.2 Å². The van der Waals surface area contributed by atoms with Crippen LogP contribution in [0.3, 0.4) is 0 Å². The zero-order chi connectivity index (χ0) is 20.5. The minimum absolute atomic E-state index is 0.0257. The maximum absolute atomic E-state index is 12.2. The maximum atomic E-state index is 12.2. The molecule has 0 unspecified atom stereocenters. The number of rotatable bonds is 7. The number of carbonyl (C=O) groups excluding carboxylic acids is 2. The Bertz CT molecular complexity index is 766. The van der Waals surface area contributed by atoms with Crippen molar-refractivity contribution < 1.29 is 19.2 Å². The van der Waals surface area contributed by atoms with Gasteiger partial charge in [0.05, 0.1) is 23.0 Å². The second kappa shape index (κ2) is 10.3. The van der Waals surface area contributed by atoms with E-state index in [2.05, 4.69) is 0 Å². The van der Waals surface area contributed by atoms with Crippen molar-refractivity contribution in [3.05, 3.63) is 33.9 Å². The van der Waals surface area contributed by atoms with Crippen LogP contribution in [-0.4, -0.2) is 55.0 Å². The smallest absolute Gasteiger partial charge is 0.338 e. The van der Waals surface area contributed by atoms with Gasteiger partial charge in [-0.2, -0.15) is 5.26 Å². The van der Waals surface area contributed by atoms with Gasteiger partial charge in [-0.3, -0.25) is 14.9 Å². The van der Waals surface area contributed by atoms with Gasteiger partial charge in [-0.05, 0) is 25.0 Å². The van der Waals surface area contributed by atoms with Gasteiger partial charge in [-0.1, -0.05) is 12.8 Å². The molecule has 0 spiro atoms. The molecule has 150 valence electrons. The molecule has 1 aromatic carbocycles. The van der Waals surface area contributed by atoms with Crippen molar-refractivity contribution in [1.82, 2.24) is 4.90 Å². The summed E-state index contributed by atoms with van der Waals surface area (Å²) in [6.07, 6.45) is 4.34. The number of nitrogens with zero attached hydrogens (tertiary/aromatic N) is 4. The van der Waals surface area contributed by atoms with Crippen LogP contribution in [0.1, 0.15) is 42.5 Å². The highest BCUT2D eigenvalue weighted by atomic mass is 16.6. The van der Waals surface area contributed by atoms with Crippen LogP contribution in [0.2, 0.25) is 0 Å². The molecular weight excluding hydrogens is 364 g/mol. The number of ether oxygens (including phenoxy) is 1. The van der Waals surface area contributed by atoms with Crippen molar-refractivity contribution in [2.24, 2.45) is 0 Å². The van der Waals surface area contributed by atoms with E-state index in [1.165, 1.54) is 24.1 Å². The lowest BCUT2D eigenvalue weighted by atomic mass is 10.1. The van der Waals surface area contributed by atoms with E-state index in [4.69, 9.17) is 10.00 Å². The number of amides is 1. The Balaban J connectivity index is 2.08. The average Bonchev–Trinajstić information content (AvgIpc) is 2.98. The molecule has 0 aromatic heterocycles. The molecule has 1 fully saturated rings. The number of nitro benzene ring substituents is 1. The topological polar surface area (TPSA) is 117 Å². The molecule has 9 heteroatoms. The van der Waals surface area contributed by atoms with Crippen molar-refractivity contribution in [2.75, 3.05) is 38.2 Å². The molecule has 0 N–H and O–H groups in total. The van der Waals surface area contributed by atoms with Gasteiger partial charge in [-0.15, -0.1) is 0 Å². The molecule has 0 saturated carbocycles. The first-order valence-electron chi connectivity index (χ1n) is 9.25. The molecule has 28 heavy (non-hydrogen) atoms. The van der Waals surface area contributed by atoms with Crippen LogP contribution >= 0.6 is 0 Å². The highest BCUT2D eigenvalue weighted by Gasteiger charge is 2.23. The quantitative estimate of drug-likeness (QED) is 0.400. The van der Waals surface area contributed by atoms with E-state index in [1.54, 1.807) is 6.07 Å². The van der Waals surface area contributed by atoms with Gasteiger partial charge in [0.2, 0.25) is 0 Å². The molecule has 1 aliphatic heterocycles. The third-order valence-electron chi connectivity index (χ3n) is 4.67. The predicted octanol–water partition coefficient (Wildman–Crippen LogP) is 2.50. The van der Waals surface area contributed by atoms with Crippen molar-refractivity contribution in [3.8, 4) is 6.07 Å². The number of nitro groups is 1. The molecular formula is C19H24N4O5. The Morgan fingerprint density at radius 2 is 1.96 bits per heavy atom. The average molecular weight is 388 g/mol. The van der Waals surface area contributed by atoms with E-state index in [1.807, 2.05) is 11.0 Å². The van der Waals surface area contributed by atoms with Gasteiger partial charge in [0, 0.05) is 32.7 Å². The Labute approximate surface area is 163 Å². The largest absolute Gasteiger partial charge is 0.452 e. The van der Waals surface area contributed by atoms with E-state index in [9.17, 15) is 19.7 Å². The van der Waals surface area contributed by atoms with Gasteiger partial charge >= 0.3 is 5.97 Å². The van der Waals surface area contributed by atoms with Crippen molar-refractivity contribution in [1.29, 1.82) is 5.26 Å². The SMILES string of the molecule is CN(CCC#N)C(=O)COC(=O)c1ccc(N2CCCCCC2)c([N+](=O)[O-])c1. The third kappa shape index (κ3) is 5.67. The number of anilines is 1. The van der Waals surface area contributed by atoms with E-state index < -0.39 is 23.4 Å². The third-order valence-corrected chi connectivity index (χ3v) is 4.67. The lowest BCUT2D eigenvalue weighted by Gasteiger charge is -2.22. The molecule has 1 amide bonds. The van der Waals surface area contributed by atoms with Gasteiger partial charge < -0.3 is 14.5 Å². The van der Waals surface area contributed by atoms with E-state index in [0.29, 0.717) is 5.69 Å². The molecule has 1 aliphatic rings. The maximum Gasteiger partial charge on any atom is 0.338 e. The standard InChI is InChI=1S/C19H24N4O5/c1-21(10-6-9-20)18(24)14-28-19(25)15-7-8-16(17(13-15)23(26)27)22-11-4-2-3-5-12-22/h7-8,13H,2-6,10-12,14H2,1H3. The summed E-state index contributed by atoms with van der Waals surface area (Å²) in [5.74, 6) is -1.24. The van der Waals surface area contributed by atoms with Gasteiger partial charge in [0.1, 0.15) is 5.69 Å². The Morgan fingerprint density at radius 3 is 2.57 bits per heavy atom. The molecule has 0 atom stereocenters. The number of likely N-dealkylation sites (N-methyl/N-ethyl adjacent to an activating group) is 1. The van der Waals surface area contributed by atoms with E-state index in [0.717, 1.165) is 38.8 Å². The first-order valence-corrected chi connectivity index (χ1v) is 9.25. The molecule has 2 rings (SSSR count). The number of esters is 1. The molecule has 0 radical (unpaired) electrons. The number of hydrogen-bond acceptors (Lipinski definition) is 7. The van der Waals surface area contributed by atoms with Crippen LogP contribution < -0.4 is 4.90 Å². The van der Waals surface area contributed by atoms with Crippen LogP contribution in [0, 0.1) is 21.4 Å². The number of carbonyl (C=O) groups is 2. The van der Waals surface area contributed by atoms with Crippen LogP contribution in [-0.2, 0) is 9.53 Å². The zero-order valence-electron chi connectivity index (χ0n) is 15.9. The lowest BCUT2D eigenvalue weighted by molar-refractivity contribution is -0.384. The number of nitriles is 1. The number of benzene rings is 1. The molecule has 0 aliphatic carbocycles. The molecule has 9 nitrogen and oxygen atoms in total. The highest BCUT2D eigenvalue weighted by molar-refractivity contribution is 5.93. The Morgan fingerprint density at radius 1 is 1.29 bits per heavy atom. The lowest BCUT2D eigenvalue weighted by Crippen LogP contribution is -2.32. The summed E-state index contributed by atoms with van der Waals surface area (Å²) >= 11 is 0. The molecule has 0 bridgehead atoms. The minimum Gasteiger partial charge on any atom is -0.452 e. The van der Waals surface area contributed by atoms with Crippen LogP contribution in [0.25, 0.3) is 0 Å². The molecule has 1 heterocycles.